The molecule has 1 N–H and O–H groups in total. The second kappa shape index (κ2) is 7.65. The van der Waals surface area contributed by atoms with Crippen LogP contribution in [0.5, 0.6) is 11.5 Å². The number of fused-ring (bicyclic) bond motifs is 1. The third kappa shape index (κ3) is 4.32. The number of nitrogens with one attached hydrogen (secondary N) is 1. The van der Waals surface area contributed by atoms with Crippen molar-refractivity contribution in [1.29, 1.82) is 0 Å². The minimum Gasteiger partial charge on any atom is -0.486 e. The number of benzene rings is 1. The van der Waals surface area contributed by atoms with Crippen LogP contribution in [0, 0.1) is 0 Å². The number of rotatable bonds is 7. The molecule has 0 radical (unpaired) electrons. The predicted molar refractivity (Wildman–Crippen MR) is 81.5 cm³/mol. The van der Waals surface area contributed by atoms with E-state index in [1.54, 1.807) is 0 Å². The maximum atomic E-state index is 5.62. The van der Waals surface area contributed by atoms with Crippen LogP contribution in [-0.4, -0.2) is 31.8 Å². The van der Waals surface area contributed by atoms with Gasteiger partial charge in [0.1, 0.15) is 13.2 Å². The molecular formula is C15H23NO2S. The molecule has 1 unspecified atom stereocenters. The second-order valence-electron chi connectivity index (χ2n) is 4.78. The van der Waals surface area contributed by atoms with Gasteiger partial charge < -0.3 is 14.8 Å². The van der Waals surface area contributed by atoms with Crippen LogP contribution in [0.3, 0.4) is 0 Å². The molecule has 0 aliphatic carbocycles. The Balaban J connectivity index is 1.83. The molecule has 19 heavy (non-hydrogen) atoms. The minimum atomic E-state index is 0.352. The van der Waals surface area contributed by atoms with Gasteiger partial charge in [-0.2, -0.15) is 11.8 Å². The maximum absolute atomic E-state index is 5.62. The average Bonchev–Trinajstić information content (AvgIpc) is 2.46. The van der Waals surface area contributed by atoms with Crippen molar-refractivity contribution in [3.8, 4) is 11.5 Å². The quantitative estimate of drug-likeness (QED) is 0.777. The summed E-state index contributed by atoms with van der Waals surface area (Å²) in [7, 11) is 0. The fourth-order valence-corrected chi connectivity index (χ4v) is 2.63. The summed E-state index contributed by atoms with van der Waals surface area (Å²) in [6, 6.07) is 6.57. The van der Waals surface area contributed by atoms with Gasteiger partial charge in [-0.15, -0.1) is 0 Å². The molecule has 0 aromatic heterocycles. The molecule has 0 fully saturated rings. The van der Waals surface area contributed by atoms with E-state index < -0.39 is 0 Å². The molecule has 3 nitrogen and oxygen atoms in total. The molecule has 0 saturated heterocycles. The summed E-state index contributed by atoms with van der Waals surface area (Å²) < 4.78 is 11.2. The van der Waals surface area contributed by atoms with E-state index in [4.69, 9.17) is 9.47 Å². The number of ether oxygens (including phenoxy) is 2. The maximum Gasteiger partial charge on any atom is 0.161 e. The Morgan fingerprint density at radius 3 is 2.79 bits per heavy atom. The Morgan fingerprint density at radius 2 is 2.00 bits per heavy atom. The Labute approximate surface area is 120 Å². The number of unbranched alkanes of at least 4 members (excludes halogenated alkanes) is 1. The first-order valence-electron chi connectivity index (χ1n) is 6.93. The van der Waals surface area contributed by atoms with E-state index in [1.165, 1.54) is 24.2 Å². The molecule has 106 valence electrons. The summed E-state index contributed by atoms with van der Waals surface area (Å²) in [6.07, 6.45) is 4.67. The van der Waals surface area contributed by atoms with Crippen molar-refractivity contribution in [2.45, 2.75) is 25.8 Å². The summed E-state index contributed by atoms with van der Waals surface area (Å²) in [5.74, 6) is 2.99. The normalized spacial score (nSPS) is 15.3. The molecule has 0 amide bonds. The van der Waals surface area contributed by atoms with Crippen LogP contribution in [0.25, 0.3) is 0 Å². The topological polar surface area (TPSA) is 30.5 Å². The van der Waals surface area contributed by atoms with Crippen LogP contribution in [-0.2, 0) is 0 Å². The zero-order chi connectivity index (χ0) is 13.5. The van der Waals surface area contributed by atoms with Crippen molar-refractivity contribution in [1.82, 2.24) is 5.32 Å². The van der Waals surface area contributed by atoms with E-state index in [0.29, 0.717) is 19.3 Å². The Morgan fingerprint density at radius 1 is 1.21 bits per heavy atom. The van der Waals surface area contributed by atoms with Crippen LogP contribution < -0.4 is 14.8 Å². The van der Waals surface area contributed by atoms with Crippen molar-refractivity contribution in [2.24, 2.45) is 0 Å². The summed E-state index contributed by atoms with van der Waals surface area (Å²) >= 11 is 1.91. The van der Waals surface area contributed by atoms with Gasteiger partial charge in [-0.3, -0.25) is 0 Å². The largest absolute Gasteiger partial charge is 0.486 e. The van der Waals surface area contributed by atoms with E-state index >= 15 is 0 Å². The van der Waals surface area contributed by atoms with Crippen molar-refractivity contribution in [3.05, 3.63) is 23.8 Å². The molecule has 0 spiro atoms. The predicted octanol–water partition coefficient (Wildman–Crippen LogP) is 3.25. The Kier molecular flexibility index (Phi) is 5.86. The van der Waals surface area contributed by atoms with Gasteiger partial charge in [0.2, 0.25) is 0 Å². The fraction of sp³-hybridized carbons (Fsp3) is 0.600. The molecule has 1 atom stereocenters. The van der Waals surface area contributed by atoms with Crippen LogP contribution in [0.2, 0.25) is 0 Å². The van der Waals surface area contributed by atoms with Gasteiger partial charge in [-0.1, -0.05) is 6.07 Å². The minimum absolute atomic E-state index is 0.352. The van der Waals surface area contributed by atoms with E-state index in [9.17, 15) is 0 Å². The zero-order valence-corrected chi connectivity index (χ0v) is 12.6. The molecule has 0 bridgehead atoms. The average molecular weight is 281 g/mol. The molecule has 4 heteroatoms. The lowest BCUT2D eigenvalue weighted by Gasteiger charge is -2.21. The molecule has 1 aliphatic heterocycles. The van der Waals surface area contributed by atoms with Crippen LogP contribution in [0.1, 0.15) is 31.4 Å². The zero-order valence-electron chi connectivity index (χ0n) is 11.8. The van der Waals surface area contributed by atoms with E-state index in [0.717, 1.165) is 18.0 Å². The lowest BCUT2D eigenvalue weighted by molar-refractivity contribution is 0.171. The highest BCUT2D eigenvalue weighted by Crippen LogP contribution is 2.32. The van der Waals surface area contributed by atoms with Crippen LogP contribution in [0.15, 0.2) is 18.2 Å². The summed E-state index contributed by atoms with van der Waals surface area (Å²) in [4.78, 5) is 0. The van der Waals surface area contributed by atoms with Crippen LogP contribution >= 0.6 is 11.8 Å². The molecule has 1 heterocycles. The highest BCUT2D eigenvalue weighted by atomic mass is 32.2. The van der Waals surface area contributed by atoms with Gasteiger partial charge in [-0.25, -0.2) is 0 Å². The first-order chi connectivity index (χ1) is 9.31. The van der Waals surface area contributed by atoms with Gasteiger partial charge >= 0.3 is 0 Å². The number of hydrogen-bond acceptors (Lipinski definition) is 4. The lowest BCUT2D eigenvalue weighted by atomic mass is 10.1. The third-order valence-corrected chi connectivity index (χ3v) is 3.99. The van der Waals surface area contributed by atoms with Gasteiger partial charge in [0, 0.05) is 6.04 Å². The smallest absolute Gasteiger partial charge is 0.161 e. The summed E-state index contributed by atoms with van der Waals surface area (Å²) in [5.41, 5.74) is 1.26. The van der Waals surface area contributed by atoms with E-state index in [2.05, 4.69) is 30.6 Å². The van der Waals surface area contributed by atoms with E-state index in [-0.39, 0.29) is 0 Å². The molecule has 1 aromatic carbocycles. The third-order valence-electron chi connectivity index (χ3n) is 3.29. The molecular weight excluding hydrogens is 258 g/mol. The van der Waals surface area contributed by atoms with Crippen LogP contribution in [0.4, 0.5) is 0 Å². The highest BCUT2D eigenvalue weighted by Gasteiger charge is 2.13. The van der Waals surface area contributed by atoms with Gasteiger partial charge in [-0.05, 0) is 56.0 Å². The SMILES string of the molecule is CSCCCCNC(C)c1ccc2c(c1)OCCO2. The van der Waals surface area contributed by atoms with Gasteiger partial charge in [0.25, 0.3) is 0 Å². The van der Waals surface area contributed by atoms with Crippen molar-refractivity contribution < 1.29 is 9.47 Å². The standard InChI is InChI=1S/C15H23NO2S/c1-12(16-7-3-4-10-19-2)13-5-6-14-15(11-13)18-9-8-17-14/h5-6,11-12,16H,3-4,7-10H2,1-2H3. The fourth-order valence-electron chi connectivity index (χ4n) is 2.14. The molecule has 1 aromatic rings. The molecule has 2 rings (SSSR count). The van der Waals surface area contributed by atoms with Crippen molar-refractivity contribution in [3.63, 3.8) is 0 Å². The van der Waals surface area contributed by atoms with Crippen molar-refractivity contribution in [2.75, 3.05) is 31.8 Å². The summed E-state index contributed by atoms with van der Waals surface area (Å²) in [6.45, 7) is 4.55. The van der Waals surface area contributed by atoms with E-state index in [1.807, 2.05) is 17.8 Å². The highest BCUT2D eigenvalue weighted by molar-refractivity contribution is 7.98. The Bertz CT molecular complexity index is 398. The number of thioether (sulfide) groups is 1. The molecule has 1 aliphatic rings. The Hall–Kier alpha value is -0.870. The monoisotopic (exact) mass is 281 g/mol. The summed E-state index contributed by atoms with van der Waals surface area (Å²) in [5, 5.41) is 3.56. The second-order valence-corrected chi connectivity index (χ2v) is 5.76. The molecule has 0 saturated carbocycles. The van der Waals surface area contributed by atoms with Gasteiger partial charge in [0.15, 0.2) is 11.5 Å². The first kappa shape index (κ1) is 14.5. The van der Waals surface area contributed by atoms with Gasteiger partial charge in [0.05, 0.1) is 0 Å². The lowest BCUT2D eigenvalue weighted by Crippen LogP contribution is -2.21. The number of hydrogen-bond donors (Lipinski definition) is 1. The first-order valence-corrected chi connectivity index (χ1v) is 8.32. The van der Waals surface area contributed by atoms with Crippen molar-refractivity contribution >= 4 is 11.8 Å².